The Labute approximate surface area is 376 Å². The predicted octanol–water partition coefficient (Wildman–Crippen LogP) is 4.12. The minimum Gasteiger partial charge on any atom is -0.445 e. The predicted molar refractivity (Wildman–Crippen MR) is 240 cm³/mol. The highest BCUT2D eigenvalue weighted by atomic mass is 16.6. The molecular weight excluding hydrogens is 823 g/mol. The molecule has 2 aromatic carbocycles. The zero-order valence-corrected chi connectivity index (χ0v) is 38.7. The van der Waals surface area contributed by atoms with Gasteiger partial charge in [-0.1, -0.05) is 84.9 Å². The van der Waals surface area contributed by atoms with Crippen molar-refractivity contribution in [3.63, 3.8) is 0 Å². The molecule has 6 N–H and O–H groups in total. The Morgan fingerprint density at radius 3 is 1.91 bits per heavy atom. The van der Waals surface area contributed by atoms with Crippen molar-refractivity contribution >= 4 is 58.9 Å². The molecule has 64 heavy (non-hydrogen) atoms. The molecule has 17 nitrogen and oxygen atoms in total. The van der Waals surface area contributed by atoms with E-state index in [1.54, 1.807) is 71.0 Å². The average Bonchev–Trinajstić information content (AvgIpc) is 3.48. The first-order valence-electron chi connectivity index (χ1n) is 22.0. The molecule has 5 atom stereocenters. The van der Waals surface area contributed by atoms with E-state index < -0.39 is 48.1 Å². The number of nitrogens with two attached hydrogens (primary N) is 1. The highest BCUT2D eigenvalue weighted by molar-refractivity contribution is 6.20. The molecule has 0 radical (unpaired) electrons. The molecule has 0 aliphatic carbocycles. The first-order chi connectivity index (χ1) is 30.1. The van der Waals surface area contributed by atoms with E-state index in [4.69, 9.17) is 10.5 Å². The third-order valence-electron chi connectivity index (χ3n) is 11.1. The lowest BCUT2D eigenvalue weighted by Crippen LogP contribution is -2.55. The molecule has 8 amide bonds. The number of carbonyl (C=O) groups is 9. The van der Waals surface area contributed by atoms with E-state index in [9.17, 15) is 43.2 Å². The van der Waals surface area contributed by atoms with Gasteiger partial charge < -0.3 is 31.7 Å². The third-order valence-corrected chi connectivity index (χ3v) is 11.1. The number of amides is 8. The second-order valence-electron chi connectivity index (χ2n) is 17.6. The van der Waals surface area contributed by atoms with E-state index in [0.717, 1.165) is 5.56 Å². The number of primary amides is 1. The van der Waals surface area contributed by atoms with Gasteiger partial charge in [0.15, 0.2) is 11.6 Å². The monoisotopic (exact) mass is 889 g/mol. The molecule has 0 bridgehead atoms. The van der Waals surface area contributed by atoms with Crippen LogP contribution in [-0.2, 0) is 57.7 Å². The van der Waals surface area contributed by atoms with Gasteiger partial charge in [0.2, 0.25) is 29.5 Å². The summed E-state index contributed by atoms with van der Waals surface area (Å²) in [7, 11) is 1.46. The Hall–Kier alpha value is -6.13. The zero-order chi connectivity index (χ0) is 47.8. The fourth-order valence-electron chi connectivity index (χ4n) is 7.53. The van der Waals surface area contributed by atoms with Crippen molar-refractivity contribution in [2.45, 2.75) is 131 Å². The summed E-state index contributed by atoms with van der Waals surface area (Å²) in [6, 6.07) is 9.70. The number of ether oxygens (including phenoxy) is 1. The van der Waals surface area contributed by atoms with Gasteiger partial charge in [-0.3, -0.25) is 43.4 Å². The number of Topliss-reactive ketones (excluding diaryl/α,β-unsaturated/α-hetero) is 2. The molecule has 0 saturated carbocycles. The summed E-state index contributed by atoms with van der Waals surface area (Å²) < 4.78 is 5.52. The first kappa shape index (κ1) is 52.2. The van der Waals surface area contributed by atoms with Crippen LogP contribution >= 0.6 is 0 Å². The summed E-state index contributed by atoms with van der Waals surface area (Å²) >= 11 is 0. The lowest BCUT2D eigenvalue weighted by molar-refractivity contribution is -0.132. The normalized spacial score (nSPS) is 15.6. The van der Waals surface area contributed by atoms with Crippen LogP contribution in [0.3, 0.4) is 0 Å². The highest BCUT2D eigenvalue weighted by Crippen LogP contribution is 2.26. The Morgan fingerprint density at radius 1 is 0.781 bits per heavy atom. The van der Waals surface area contributed by atoms with Crippen LogP contribution < -0.4 is 31.9 Å². The number of hydrogen-bond donors (Lipinski definition) is 5. The molecule has 2 aromatic rings. The number of benzene rings is 2. The number of aryl methyl sites for hydroxylation is 1. The molecule has 3 rings (SSSR count). The summed E-state index contributed by atoms with van der Waals surface area (Å²) in [4.78, 5) is 117. The molecule has 1 fully saturated rings. The maximum atomic E-state index is 13.7. The van der Waals surface area contributed by atoms with E-state index >= 15 is 0 Å². The number of ketones is 2. The van der Waals surface area contributed by atoms with Crippen molar-refractivity contribution in [3.05, 3.63) is 65.2 Å². The van der Waals surface area contributed by atoms with E-state index in [1.165, 1.54) is 23.8 Å². The maximum Gasteiger partial charge on any atom is 0.410 e. The smallest absolute Gasteiger partial charge is 0.410 e. The number of urea groups is 1. The van der Waals surface area contributed by atoms with Gasteiger partial charge in [-0.25, -0.2) is 9.59 Å². The number of rotatable bonds is 24. The number of nitrogens with one attached hydrogen (secondary N) is 4. The second-order valence-corrected chi connectivity index (χ2v) is 17.6. The lowest BCUT2D eigenvalue weighted by atomic mass is 9.97. The van der Waals surface area contributed by atoms with Crippen LogP contribution in [0, 0.1) is 23.7 Å². The van der Waals surface area contributed by atoms with Crippen molar-refractivity contribution in [2.75, 3.05) is 18.5 Å². The first-order valence-corrected chi connectivity index (χ1v) is 22.0. The van der Waals surface area contributed by atoms with Gasteiger partial charge in [0.25, 0.3) is 0 Å². The van der Waals surface area contributed by atoms with Gasteiger partial charge in [0, 0.05) is 38.8 Å². The summed E-state index contributed by atoms with van der Waals surface area (Å²) in [6.07, 6.45) is 1.07. The topological polar surface area (TPSA) is 243 Å². The molecule has 0 aromatic heterocycles. The number of nitrogens with zero attached hydrogens (tertiary/aromatic N) is 2. The molecule has 1 saturated heterocycles. The fraction of sp³-hybridized carbons (Fsp3) is 0.553. The fourth-order valence-corrected chi connectivity index (χ4v) is 7.53. The summed E-state index contributed by atoms with van der Waals surface area (Å²) in [5, 5.41) is 10.9. The van der Waals surface area contributed by atoms with E-state index in [1.807, 2.05) is 26.0 Å². The van der Waals surface area contributed by atoms with Crippen LogP contribution in [0.5, 0.6) is 0 Å². The minimum atomic E-state index is -0.953. The number of likely N-dealkylation sites (N-methyl/N-ethyl adjacent to an activating group) is 1. The maximum absolute atomic E-state index is 13.7. The van der Waals surface area contributed by atoms with Crippen LogP contribution in [0.15, 0.2) is 48.5 Å². The van der Waals surface area contributed by atoms with Crippen molar-refractivity contribution < 1.29 is 47.9 Å². The highest BCUT2D eigenvalue weighted by Gasteiger charge is 2.37. The number of anilines is 1. The van der Waals surface area contributed by atoms with Crippen LogP contribution in [0.4, 0.5) is 15.3 Å². The van der Waals surface area contributed by atoms with Crippen molar-refractivity contribution in [1.82, 2.24) is 26.2 Å². The van der Waals surface area contributed by atoms with Crippen molar-refractivity contribution in [3.8, 4) is 0 Å². The van der Waals surface area contributed by atoms with Crippen molar-refractivity contribution in [2.24, 2.45) is 29.4 Å². The van der Waals surface area contributed by atoms with Gasteiger partial charge >= 0.3 is 12.1 Å². The van der Waals surface area contributed by atoms with E-state index in [0.29, 0.717) is 36.1 Å². The molecule has 1 unspecified atom stereocenters. The molecule has 17 heteroatoms. The van der Waals surface area contributed by atoms with Gasteiger partial charge in [0.1, 0.15) is 18.7 Å². The van der Waals surface area contributed by atoms with Crippen LogP contribution in [-0.4, -0.2) is 95.9 Å². The standard InChI is InChI=1S/C47H67N7O10/c1-27(2)40(31(8)55)52-44(60)42(29(5)6)53(9)47(63)64-26-34-17-15-33(16-18-34)25-37(56)36(13-11-23-49-46(48)62)50-43(59)41(28(3)4)51-38(57)14-10-12-32-19-21-35(22-20-32)54-39(58)24-30(7)45(54)61/h15-22,27-30,36,40-42H,10-14,23-26H2,1-9H3,(H,50,59)(H,51,57)(H,52,60)(H3,48,49,62)/t30?,36-,40+,41-,42-/m0/s1. The summed E-state index contributed by atoms with van der Waals surface area (Å²) in [5.74, 6) is -3.34. The Kier molecular flexibility index (Phi) is 20.1. The second kappa shape index (κ2) is 24.6. The SMILES string of the molecule is CC(=O)[C@H](NC(=O)[C@H](C(C)C)N(C)C(=O)OCc1ccc(CC(=O)[C@H](CCCNC(N)=O)NC(=O)[C@@H](NC(=O)CCCc2ccc(N3C(=O)CC(C)C3=O)cc2)C(C)C)cc1)C(C)C. The van der Waals surface area contributed by atoms with Crippen LogP contribution in [0.2, 0.25) is 0 Å². The molecular formula is C47H67N7O10. The molecule has 350 valence electrons. The number of carbonyl (C=O) groups excluding carboxylic acids is 9. The summed E-state index contributed by atoms with van der Waals surface area (Å²) in [6.45, 7) is 14.0. The molecule has 1 heterocycles. The Morgan fingerprint density at radius 2 is 1.38 bits per heavy atom. The quantitative estimate of drug-likeness (QED) is 0.0746. The molecule has 1 aliphatic rings. The Bertz CT molecular complexity index is 1980. The summed E-state index contributed by atoms with van der Waals surface area (Å²) in [5.41, 5.74) is 7.89. The van der Waals surface area contributed by atoms with E-state index in [2.05, 4.69) is 21.3 Å². The van der Waals surface area contributed by atoms with Crippen LogP contribution in [0.25, 0.3) is 0 Å². The van der Waals surface area contributed by atoms with Gasteiger partial charge in [-0.15, -0.1) is 0 Å². The molecule has 0 spiro atoms. The van der Waals surface area contributed by atoms with Crippen LogP contribution in [0.1, 0.15) is 104 Å². The van der Waals surface area contributed by atoms with Gasteiger partial charge in [-0.05, 0) is 79.2 Å². The van der Waals surface area contributed by atoms with E-state index in [-0.39, 0.29) is 91.8 Å². The average molecular weight is 890 g/mol. The van der Waals surface area contributed by atoms with Crippen molar-refractivity contribution in [1.29, 1.82) is 0 Å². The Balaban J connectivity index is 1.59. The van der Waals surface area contributed by atoms with Gasteiger partial charge in [-0.2, -0.15) is 0 Å². The lowest BCUT2D eigenvalue weighted by Gasteiger charge is -2.31. The number of hydrogen-bond acceptors (Lipinski definition) is 10. The number of imide groups is 1. The largest absolute Gasteiger partial charge is 0.445 e. The minimum absolute atomic E-state index is 0.0523. The third kappa shape index (κ3) is 15.6. The van der Waals surface area contributed by atoms with Gasteiger partial charge in [0.05, 0.1) is 17.8 Å². The zero-order valence-electron chi connectivity index (χ0n) is 38.7. The molecule has 1 aliphatic heterocycles.